The minimum atomic E-state index is -0.139. The Labute approximate surface area is 88.4 Å². The average Bonchev–Trinajstić information content (AvgIpc) is 2.72. The van der Waals surface area contributed by atoms with Gasteiger partial charge in [0, 0.05) is 5.56 Å². The van der Waals surface area contributed by atoms with Crippen LogP contribution in [0, 0.1) is 5.92 Å². The number of hydrogen-bond acceptors (Lipinski definition) is 2. The van der Waals surface area contributed by atoms with Crippen LogP contribution in [0.2, 0.25) is 0 Å². The predicted octanol–water partition coefficient (Wildman–Crippen LogP) is 1.64. The van der Waals surface area contributed by atoms with Crippen LogP contribution in [0.25, 0.3) is 0 Å². The van der Waals surface area contributed by atoms with Gasteiger partial charge < -0.3 is 10.1 Å². The molecule has 0 radical (unpaired) electrons. The number of carbonyl (C=O) groups is 1. The van der Waals surface area contributed by atoms with Gasteiger partial charge in [-0.25, -0.2) is 0 Å². The zero-order chi connectivity index (χ0) is 10.4. The molecule has 3 heteroatoms. The molecule has 3 atom stereocenters. The van der Waals surface area contributed by atoms with Gasteiger partial charge in [0.15, 0.2) is 6.23 Å². The summed E-state index contributed by atoms with van der Waals surface area (Å²) in [4.78, 5) is 11.6. The zero-order valence-corrected chi connectivity index (χ0v) is 8.57. The molecular formula is C12H13NO2. The fraction of sp³-hybridized carbons (Fsp3) is 0.417. The van der Waals surface area contributed by atoms with Gasteiger partial charge in [0.05, 0.1) is 11.8 Å². The number of ether oxygens (including phenoxy) is 1. The lowest BCUT2D eigenvalue weighted by Gasteiger charge is -2.11. The van der Waals surface area contributed by atoms with Gasteiger partial charge in [0.25, 0.3) is 0 Å². The van der Waals surface area contributed by atoms with Crippen LogP contribution in [0.5, 0.6) is 5.75 Å². The standard InChI is InChI=1S/C12H13NO2/c1-2-7-10-8-5-3-4-6-9(8)15-12(10)13-11(7)14/h3-7,10,12H,2H2,1H3,(H,13,14). The molecule has 1 fully saturated rings. The summed E-state index contributed by atoms with van der Waals surface area (Å²) in [6.45, 7) is 2.05. The van der Waals surface area contributed by atoms with E-state index in [2.05, 4.69) is 11.4 Å². The lowest BCUT2D eigenvalue weighted by Crippen LogP contribution is -2.30. The van der Waals surface area contributed by atoms with E-state index >= 15 is 0 Å². The van der Waals surface area contributed by atoms with Gasteiger partial charge in [-0.05, 0) is 12.5 Å². The Morgan fingerprint density at radius 1 is 1.40 bits per heavy atom. The Kier molecular flexibility index (Phi) is 1.75. The predicted molar refractivity (Wildman–Crippen MR) is 55.5 cm³/mol. The molecule has 0 saturated carbocycles. The highest BCUT2D eigenvalue weighted by Crippen LogP contribution is 2.45. The molecule has 1 aromatic carbocycles. The maximum Gasteiger partial charge on any atom is 0.226 e. The van der Waals surface area contributed by atoms with Crippen molar-refractivity contribution in [2.75, 3.05) is 0 Å². The number of rotatable bonds is 1. The molecule has 1 N–H and O–H groups in total. The molecule has 78 valence electrons. The number of nitrogens with one attached hydrogen (secondary N) is 1. The first-order valence-corrected chi connectivity index (χ1v) is 5.37. The Morgan fingerprint density at radius 2 is 2.20 bits per heavy atom. The molecule has 1 amide bonds. The fourth-order valence-electron chi connectivity index (χ4n) is 2.63. The van der Waals surface area contributed by atoms with Gasteiger partial charge in [-0.2, -0.15) is 0 Å². The average molecular weight is 203 g/mol. The Bertz CT molecular complexity index is 416. The SMILES string of the molecule is CCC1C(=O)NC2Oc3ccccc3C21. The van der Waals surface area contributed by atoms with Crippen molar-refractivity contribution >= 4 is 5.91 Å². The molecule has 2 heterocycles. The van der Waals surface area contributed by atoms with E-state index in [-0.39, 0.29) is 24.0 Å². The Hall–Kier alpha value is -1.51. The number of carbonyl (C=O) groups excluding carboxylic acids is 1. The van der Waals surface area contributed by atoms with Crippen LogP contribution in [-0.4, -0.2) is 12.1 Å². The minimum Gasteiger partial charge on any atom is -0.470 e. The minimum absolute atomic E-state index is 0.0682. The van der Waals surface area contributed by atoms with Crippen molar-refractivity contribution < 1.29 is 9.53 Å². The van der Waals surface area contributed by atoms with Crippen LogP contribution in [0.1, 0.15) is 24.8 Å². The molecule has 15 heavy (non-hydrogen) atoms. The van der Waals surface area contributed by atoms with Gasteiger partial charge in [0.1, 0.15) is 5.75 Å². The van der Waals surface area contributed by atoms with Crippen molar-refractivity contribution in [2.45, 2.75) is 25.5 Å². The highest BCUT2D eigenvalue weighted by Gasteiger charge is 2.48. The summed E-state index contributed by atoms with van der Waals surface area (Å²) in [5.41, 5.74) is 1.17. The smallest absolute Gasteiger partial charge is 0.226 e. The molecule has 3 unspecified atom stereocenters. The highest BCUT2D eigenvalue weighted by atomic mass is 16.5. The third-order valence-electron chi connectivity index (χ3n) is 3.35. The second-order valence-corrected chi connectivity index (χ2v) is 4.13. The molecule has 0 aromatic heterocycles. The van der Waals surface area contributed by atoms with Crippen LogP contribution in [0.4, 0.5) is 0 Å². The summed E-state index contributed by atoms with van der Waals surface area (Å²) in [6.07, 6.45) is 0.727. The van der Waals surface area contributed by atoms with E-state index in [0.29, 0.717) is 0 Å². The van der Waals surface area contributed by atoms with Crippen LogP contribution >= 0.6 is 0 Å². The number of benzene rings is 1. The van der Waals surface area contributed by atoms with E-state index in [1.807, 2.05) is 25.1 Å². The van der Waals surface area contributed by atoms with Gasteiger partial charge in [-0.3, -0.25) is 4.79 Å². The molecule has 1 aromatic rings. The first-order valence-electron chi connectivity index (χ1n) is 5.37. The molecule has 2 aliphatic heterocycles. The Morgan fingerprint density at radius 3 is 3.00 bits per heavy atom. The van der Waals surface area contributed by atoms with Gasteiger partial charge in [0.2, 0.25) is 5.91 Å². The Balaban J connectivity index is 2.05. The van der Waals surface area contributed by atoms with Crippen LogP contribution in [-0.2, 0) is 4.79 Å². The molecular weight excluding hydrogens is 190 g/mol. The van der Waals surface area contributed by atoms with Crippen LogP contribution in [0.3, 0.4) is 0 Å². The molecule has 0 spiro atoms. The maximum atomic E-state index is 11.6. The van der Waals surface area contributed by atoms with Crippen molar-refractivity contribution in [1.82, 2.24) is 5.32 Å². The topological polar surface area (TPSA) is 38.3 Å². The van der Waals surface area contributed by atoms with E-state index in [1.54, 1.807) is 0 Å². The molecule has 0 aliphatic carbocycles. The zero-order valence-electron chi connectivity index (χ0n) is 8.57. The number of hydrogen-bond donors (Lipinski definition) is 1. The molecule has 3 rings (SSSR count). The maximum absolute atomic E-state index is 11.6. The third-order valence-corrected chi connectivity index (χ3v) is 3.35. The van der Waals surface area contributed by atoms with Crippen molar-refractivity contribution in [3.8, 4) is 5.75 Å². The molecule has 2 aliphatic rings. The lowest BCUT2D eigenvalue weighted by molar-refractivity contribution is -0.123. The lowest BCUT2D eigenvalue weighted by atomic mass is 9.87. The van der Waals surface area contributed by atoms with Crippen molar-refractivity contribution in [3.63, 3.8) is 0 Å². The quantitative estimate of drug-likeness (QED) is 0.753. The molecule has 3 nitrogen and oxygen atoms in total. The monoisotopic (exact) mass is 203 g/mol. The molecule has 0 bridgehead atoms. The van der Waals surface area contributed by atoms with E-state index in [4.69, 9.17) is 4.74 Å². The van der Waals surface area contributed by atoms with Crippen LogP contribution < -0.4 is 10.1 Å². The van der Waals surface area contributed by atoms with E-state index in [0.717, 1.165) is 12.2 Å². The first kappa shape index (κ1) is 8.77. The fourth-order valence-corrected chi connectivity index (χ4v) is 2.63. The van der Waals surface area contributed by atoms with Gasteiger partial charge in [-0.15, -0.1) is 0 Å². The summed E-state index contributed by atoms with van der Waals surface area (Å²) in [5.74, 6) is 1.32. The summed E-state index contributed by atoms with van der Waals surface area (Å²) in [7, 11) is 0. The van der Waals surface area contributed by atoms with Crippen molar-refractivity contribution in [1.29, 1.82) is 0 Å². The van der Waals surface area contributed by atoms with Crippen LogP contribution in [0.15, 0.2) is 24.3 Å². The molecule has 1 saturated heterocycles. The van der Waals surface area contributed by atoms with Crippen molar-refractivity contribution in [2.24, 2.45) is 5.92 Å². The summed E-state index contributed by atoms with van der Waals surface area (Å²) in [5, 5.41) is 2.90. The second-order valence-electron chi connectivity index (χ2n) is 4.13. The van der Waals surface area contributed by atoms with Gasteiger partial charge in [-0.1, -0.05) is 25.1 Å². The third kappa shape index (κ3) is 1.09. The summed E-state index contributed by atoms with van der Waals surface area (Å²) >= 11 is 0. The highest BCUT2D eigenvalue weighted by molar-refractivity contribution is 5.83. The normalized spacial score (nSPS) is 31.8. The van der Waals surface area contributed by atoms with E-state index in [9.17, 15) is 4.79 Å². The number of amides is 1. The number of para-hydroxylation sites is 1. The van der Waals surface area contributed by atoms with E-state index < -0.39 is 0 Å². The largest absolute Gasteiger partial charge is 0.470 e. The first-order chi connectivity index (χ1) is 7.31. The summed E-state index contributed by atoms with van der Waals surface area (Å²) < 4.78 is 5.70. The van der Waals surface area contributed by atoms with Gasteiger partial charge >= 0.3 is 0 Å². The summed E-state index contributed by atoms with van der Waals surface area (Å²) in [6, 6.07) is 7.98. The van der Waals surface area contributed by atoms with Crippen molar-refractivity contribution in [3.05, 3.63) is 29.8 Å². The second kappa shape index (κ2) is 2.99. The number of fused-ring (bicyclic) bond motifs is 3. The van der Waals surface area contributed by atoms with E-state index in [1.165, 1.54) is 5.56 Å².